The topological polar surface area (TPSA) is 37.4 Å². The zero-order valence-electron chi connectivity index (χ0n) is 9.70. The summed E-state index contributed by atoms with van der Waals surface area (Å²) in [5.74, 6) is -0.272. The van der Waals surface area contributed by atoms with Crippen LogP contribution in [0.3, 0.4) is 0 Å². The fraction of sp³-hybridized carbons (Fsp3) is 0.385. The molecule has 1 aliphatic rings. The van der Waals surface area contributed by atoms with Crippen LogP contribution in [0.1, 0.15) is 46.9 Å². The van der Waals surface area contributed by atoms with Crippen molar-refractivity contribution < 1.29 is 9.59 Å². The molecule has 0 spiro atoms. The van der Waals surface area contributed by atoms with Gasteiger partial charge in [-0.3, -0.25) is 14.5 Å². The van der Waals surface area contributed by atoms with E-state index in [1.54, 1.807) is 6.07 Å². The van der Waals surface area contributed by atoms with Crippen LogP contribution in [-0.2, 0) is 0 Å². The smallest absolute Gasteiger partial charge is 0.262 e. The second-order valence-corrected chi connectivity index (χ2v) is 5.29. The maximum Gasteiger partial charge on any atom is 0.262 e. The third-order valence-electron chi connectivity index (χ3n) is 2.93. The average Bonchev–Trinajstić information content (AvgIpc) is 2.55. The van der Waals surface area contributed by atoms with E-state index in [-0.39, 0.29) is 11.8 Å². The van der Waals surface area contributed by atoms with Gasteiger partial charge in [0, 0.05) is 10.1 Å². The first-order valence-corrected chi connectivity index (χ1v) is 6.89. The van der Waals surface area contributed by atoms with Crippen molar-refractivity contribution >= 4 is 34.4 Å². The maximum absolute atomic E-state index is 12.1. The Hall–Kier alpha value is -0.910. The molecular weight excluding hydrogens is 329 g/mol. The van der Waals surface area contributed by atoms with Crippen molar-refractivity contribution in [2.45, 2.75) is 26.2 Å². The standard InChI is InChI=1S/C13H14INO2/c1-2-3-4-8-15-12(16)9-6-5-7-10(14)11(9)13(15)17/h5-7H,2-4,8H2,1H3. The maximum atomic E-state index is 12.1. The lowest BCUT2D eigenvalue weighted by Crippen LogP contribution is -2.30. The summed E-state index contributed by atoms with van der Waals surface area (Å²) in [5.41, 5.74) is 1.13. The summed E-state index contributed by atoms with van der Waals surface area (Å²) in [6.45, 7) is 2.64. The predicted octanol–water partition coefficient (Wildman–Crippen LogP) is 3.08. The predicted molar refractivity (Wildman–Crippen MR) is 74.1 cm³/mol. The van der Waals surface area contributed by atoms with Crippen molar-refractivity contribution in [3.63, 3.8) is 0 Å². The molecule has 0 bridgehead atoms. The van der Waals surface area contributed by atoms with Crippen LogP contribution >= 0.6 is 22.6 Å². The summed E-state index contributed by atoms with van der Waals surface area (Å²) in [7, 11) is 0. The van der Waals surface area contributed by atoms with Gasteiger partial charge in [-0.15, -0.1) is 0 Å². The SMILES string of the molecule is CCCCCN1C(=O)c2cccc(I)c2C1=O. The molecule has 17 heavy (non-hydrogen) atoms. The molecule has 3 nitrogen and oxygen atoms in total. The molecule has 0 saturated heterocycles. The summed E-state index contributed by atoms with van der Waals surface area (Å²) >= 11 is 2.11. The Morgan fingerprint density at radius 2 is 1.94 bits per heavy atom. The lowest BCUT2D eigenvalue weighted by Gasteiger charge is -2.12. The molecule has 1 aromatic carbocycles. The summed E-state index contributed by atoms with van der Waals surface area (Å²) in [6, 6.07) is 5.42. The number of carbonyl (C=O) groups excluding carboxylic acids is 2. The van der Waals surface area contributed by atoms with E-state index in [0.29, 0.717) is 17.7 Å². The van der Waals surface area contributed by atoms with E-state index in [1.807, 2.05) is 12.1 Å². The third-order valence-corrected chi connectivity index (χ3v) is 3.83. The molecular formula is C13H14INO2. The Balaban J connectivity index is 2.24. The zero-order valence-corrected chi connectivity index (χ0v) is 11.9. The van der Waals surface area contributed by atoms with E-state index in [0.717, 1.165) is 22.8 Å². The van der Waals surface area contributed by atoms with Crippen LogP contribution < -0.4 is 0 Å². The van der Waals surface area contributed by atoms with Crippen LogP contribution in [-0.4, -0.2) is 23.3 Å². The van der Waals surface area contributed by atoms with Gasteiger partial charge in [0.05, 0.1) is 11.1 Å². The molecule has 2 amide bonds. The van der Waals surface area contributed by atoms with Gasteiger partial charge >= 0.3 is 0 Å². The summed E-state index contributed by atoms with van der Waals surface area (Å²) in [4.78, 5) is 25.6. The number of imide groups is 1. The molecule has 0 aliphatic carbocycles. The molecule has 0 N–H and O–H groups in total. The van der Waals surface area contributed by atoms with Gasteiger partial charge in [0.15, 0.2) is 0 Å². The molecule has 0 saturated carbocycles. The van der Waals surface area contributed by atoms with E-state index in [2.05, 4.69) is 29.5 Å². The van der Waals surface area contributed by atoms with Gasteiger partial charge in [0.1, 0.15) is 0 Å². The van der Waals surface area contributed by atoms with Crippen LogP contribution in [0.25, 0.3) is 0 Å². The number of halogens is 1. The van der Waals surface area contributed by atoms with E-state index in [9.17, 15) is 9.59 Å². The van der Waals surface area contributed by atoms with Gasteiger partial charge in [-0.25, -0.2) is 0 Å². The Bertz CT molecular complexity index is 470. The minimum absolute atomic E-state index is 0.133. The first-order valence-electron chi connectivity index (χ1n) is 5.81. The molecule has 0 fully saturated rings. The number of hydrogen-bond donors (Lipinski definition) is 0. The van der Waals surface area contributed by atoms with E-state index in [4.69, 9.17) is 0 Å². The highest BCUT2D eigenvalue weighted by Crippen LogP contribution is 2.27. The molecule has 1 aromatic rings. The first-order chi connectivity index (χ1) is 8.16. The lowest BCUT2D eigenvalue weighted by atomic mass is 10.1. The molecule has 0 aromatic heterocycles. The number of nitrogens with zero attached hydrogens (tertiary/aromatic N) is 1. The second-order valence-electron chi connectivity index (χ2n) is 4.13. The molecule has 0 unspecified atom stereocenters. The van der Waals surface area contributed by atoms with E-state index >= 15 is 0 Å². The van der Waals surface area contributed by atoms with Gasteiger partial charge in [-0.05, 0) is 41.1 Å². The molecule has 1 heterocycles. The Morgan fingerprint density at radius 1 is 1.18 bits per heavy atom. The number of rotatable bonds is 4. The highest BCUT2D eigenvalue weighted by molar-refractivity contribution is 14.1. The largest absolute Gasteiger partial charge is 0.274 e. The molecule has 4 heteroatoms. The van der Waals surface area contributed by atoms with Crippen molar-refractivity contribution in [3.8, 4) is 0 Å². The fourth-order valence-electron chi connectivity index (χ4n) is 2.02. The van der Waals surface area contributed by atoms with Crippen molar-refractivity contribution in [2.24, 2.45) is 0 Å². The Kier molecular flexibility index (Phi) is 3.81. The number of fused-ring (bicyclic) bond motifs is 1. The van der Waals surface area contributed by atoms with Crippen LogP contribution in [0.4, 0.5) is 0 Å². The number of benzene rings is 1. The van der Waals surface area contributed by atoms with Crippen LogP contribution in [0.15, 0.2) is 18.2 Å². The van der Waals surface area contributed by atoms with E-state index < -0.39 is 0 Å². The quantitative estimate of drug-likeness (QED) is 0.479. The van der Waals surface area contributed by atoms with Crippen LogP contribution in [0.2, 0.25) is 0 Å². The number of unbranched alkanes of at least 4 members (excludes halogenated alkanes) is 2. The Labute approximate surface area is 114 Å². The van der Waals surface area contributed by atoms with Crippen LogP contribution in [0, 0.1) is 3.57 Å². The van der Waals surface area contributed by atoms with Crippen molar-refractivity contribution in [1.82, 2.24) is 4.90 Å². The monoisotopic (exact) mass is 343 g/mol. The van der Waals surface area contributed by atoms with E-state index in [1.165, 1.54) is 4.90 Å². The first kappa shape index (κ1) is 12.5. The van der Waals surface area contributed by atoms with Gasteiger partial charge in [0.2, 0.25) is 0 Å². The minimum Gasteiger partial charge on any atom is -0.274 e. The zero-order chi connectivity index (χ0) is 12.4. The number of amides is 2. The Morgan fingerprint density at radius 3 is 2.59 bits per heavy atom. The fourth-order valence-corrected chi connectivity index (χ4v) is 2.74. The molecule has 2 rings (SSSR count). The highest BCUT2D eigenvalue weighted by atomic mass is 127. The normalized spacial score (nSPS) is 14.4. The van der Waals surface area contributed by atoms with Crippen molar-refractivity contribution in [2.75, 3.05) is 6.54 Å². The minimum atomic E-state index is -0.139. The van der Waals surface area contributed by atoms with Crippen molar-refractivity contribution in [1.29, 1.82) is 0 Å². The molecule has 0 radical (unpaired) electrons. The lowest BCUT2D eigenvalue weighted by molar-refractivity contribution is 0.0651. The van der Waals surface area contributed by atoms with Gasteiger partial charge in [-0.2, -0.15) is 0 Å². The van der Waals surface area contributed by atoms with Crippen molar-refractivity contribution in [3.05, 3.63) is 32.9 Å². The number of carbonyl (C=O) groups is 2. The molecule has 90 valence electrons. The molecule has 0 atom stereocenters. The third kappa shape index (κ3) is 2.22. The summed E-state index contributed by atoms with van der Waals surface area (Å²) < 4.78 is 0.858. The average molecular weight is 343 g/mol. The number of hydrogen-bond acceptors (Lipinski definition) is 2. The van der Waals surface area contributed by atoms with Gasteiger partial charge in [-0.1, -0.05) is 25.8 Å². The van der Waals surface area contributed by atoms with Crippen LogP contribution in [0.5, 0.6) is 0 Å². The van der Waals surface area contributed by atoms with Gasteiger partial charge in [0.25, 0.3) is 11.8 Å². The molecule has 1 aliphatic heterocycles. The second kappa shape index (κ2) is 5.16. The summed E-state index contributed by atoms with van der Waals surface area (Å²) in [5, 5.41) is 0. The van der Waals surface area contributed by atoms with Gasteiger partial charge < -0.3 is 0 Å². The summed E-state index contributed by atoms with van der Waals surface area (Å²) in [6.07, 6.45) is 3.02. The highest BCUT2D eigenvalue weighted by Gasteiger charge is 2.36.